The van der Waals surface area contributed by atoms with Crippen molar-refractivity contribution in [3.63, 3.8) is 0 Å². The van der Waals surface area contributed by atoms with Gasteiger partial charge in [0.1, 0.15) is 28.7 Å². The molecule has 3 aromatic carbocycles. The minimum atomic E-state index is -0.708. The number of nitrogens with one attached hydrogen (secondary N) is 1. The molecule has 1 aromatic heterocycles. The summed E-state index contributed by atoms with van der Waals surface area (Å²) in [6.45, 7) is 4.02. The van der Waals surface area contributed by atoms with E-state index in [9.17, 15) is 13.6 Å². The summed E-state index contributed by atoms with van der Waals surface area (Å²) in [5, 5.41) is 3.39. The molecule has 0 atom stereocenters. The molecule has 35 heavy (non-hydrogen) atoms. The average Bonchev–Trinajstić information content (AvgIpc) is 3.26. The maximum Gasteiger partial charge on any atom is 0.244 e. The lowest BCUT2D eigenvalue weighted by Crippen LogP contribution is -2.22. The Morgan fingerprint density at radius 3 is 2.46 bits per heavy atom. The van der Waals surface area contributed by atoms with Gasteiger partial charge in [-0.25, -0.2) is 8.78 Å². The number of hydrogen-bond donors (Lipinski definition) is 1. The number of hydrogen-bond acceptors (Lipinski definition) is 4. The van der Waals surface area contributed by atoms with Gasteiger partial charge in [-0.2, -0.15) is 0 Å². The van der Waals surface area contributed by atoms with Gasteiger partial charge in [0.25, 0.3) is 0 Å². The number of amides is 1. The molecule has 1 N–H and O–H groups in total. The number of carbonyl (C=O) groups excluding carboxylic acids is 1. The lowest BCUT2D eigenvalue weighted by molar-refractivity contribution is -0.116. The standard InChI is InChI=1S/C28H25F2NO4/c1-4-34-19-10-8-18(9-11-19)23-16-35-27-14-26(33-3)20(13-21(23)27)17(2)12-28(32)31-15-22-24(29)6-5-7-25(22)30/h5-14,16H,4,15H2,1-3H3,(H,31,32)/b17-12+. The van der Waals surface area contributed by atoms with Crippen LogP contribution in [-0.2, 0) is 11.3 Å². The van der Waals surface area contributed by atoms with Crippen molar-refractivity contribution in [2.45, 2.75) is 20.4 Å². The van der Waals surface area contributed by atoms with Gasteiger partial charge in [-0.3, -0.25) is 4.79 Å². The number of allylic oxidation sites excluding steroid dienone is 1. The van der Waals surface area contributed by atoms with Crippen LogP contribution in [0.4, 0.5) is 8.78 Å². The highest BCUT2D eigenvalue weighted by molar-refractivity contribution is 6.00. The van der Waals surface area contributed by atoms with Crippen molar-refractivity contribution >= 4 is 22.4 Å². The predicted octanol–water partition coefficient (Wildman–Crippen LogP) is 6.51. The van der Waals surface area contributed by atoms with E-state index in [4.69, 9.17) is 13.9 Å². The molecule has 4 aromatic rings. The number of ether oxygens (including phenoxy) is 2. The van der Waals surface area contributed by atoms with Gasteiger partial charge in [0.2, 0.25) is 5.91 Å². The Balaban J connectivity index is 1.62. The molecule has 1 heterocycles. The quantitative estimate of drug-likeness (QED) is 0.294. The fourth-order valence-electron chi connectivity index (χ4n) is 3.86. The fraction of sp³-hybridized carbons (Fsp3) is 0.179. The first-order chi connectivity index (χ1) is 16.9. The summed E-state index contributed by atoms with van der Waals surface area (Å²) in [4.78, 5) is 12.5. The molecule has 0 unspecified atom stereocenters. The van der Waals surface area contributed by atoms with Crippen molar-refractivity contribution in [2.24, 2.45) is 0 Å². The number of carbonyl (C=O) groups is 1. The van der Waals surface area contributed by atoms with Gasteiger partial charge in [0.05, 0.1) is 20.0 Å². The molecular weight excluding hydrogens is 452 g/mol. The van der Waals surface area contributed by atoms with Crippen LogP contribution in [0.2, 0.25) is 0 Å². The van der Waals surface area contributed by atoms with E-state index in [2.05, 4.69) is 5.32 Å². The van der Waals surface area contributed by atoms with Gasteiger partial charge in [0, 0.05) is 40.8 Å². The Morgan fingerprint density at radius 2 is 1.80 bits per heavy atom. The zero-order valence-electron chi connectivity index (χ0n) is 19.7. The van der Waals surface area contributed by atoms with Crippen LogP contribution in [0.3, 0.4) is 0 Å². The van der Waals surface area contributed by atoms with Crippen molar-refractivity contribution in [2.75, 3.05) is 13.7 Å². The Hall–Kier alpha value is -4.13. The summed E-state index contributed by atoms with van der Waals surface area (Å²) in [6.07, 6.45) is 3.05. The number of methoxy groups -OCH3 is 1. The average molecular weight is 478 g/mol. The maximum atomic E-state index is 13.8. The molecule has 0 saturated heterocycles. The van der Waals surface area contributed by atoms with Gasteiger partial charge in [-0.1, -0.05) is 18.2 Å². The van der Waals surface area contributed by atoms with E-state index in [1.165, 1.54) is 19.3 Å². The highest BCUT2D eigenvalue weighted by Gasteiger charge is 2.16. The van der Waals surface area contributed by atoms with E-state index >= 15 is 0 Å². The maximum absolute atomic E-state index is 13.8. The van der Waals surface area contributed by atoms with Gasteiger partial charge in [-0.15, -0.1) is 0 Å². The van der Waals surface area contributed by atoms with Crippen LogP contribution in [0, 0.1) is 11.6 Å². The zero-order valence-corrected chi connectivity index (χ0v) is 19.7. The molecule has 0 bridgehead atoms. The molecule has 0 saturated carbocycles. The lowest BCUT2D eigenvalue weighted by atomic mass is 9.99. The van der Waals surface area contributed by atoms with E-state index in [-0.39, 0.29) is 12.1 Å². The monoisotopic (exact) mass is 477 g/mol. The predicted molar refractivity (Wildman–Crippen MR) is 131 cm³/mol. The second-order valence-electron chi connectivity index (χ2n) is 7.90. The van der Waals surface area contributed by atoms with E-state index in [1.807, 2.05) is 37.3 Å². The van der Waals surface area contributed by atoms with Crippen molar-refractivity contribution < 1.29 is 27.5 Å². The smallest absolute Gasteiger partial charge is 0.244 e. The molecule has 0 aliphatic heterocycles. The summed E-state index contributed by atoms with van der Waals surface area (Å²) in [6, 6.07) is 15.0. The van der Waals surface area contributed by atoms with Gasteiger partial charge < -0.3 is 19.2 Å². The molecule has 0 spiro atoms. The van der Waals surface area contributed by atoms with Crippen molar-refractivity contribution in [3.8, 4) is 22.6 Å². The first-order valence-corrected chi connectivity index (χ1v) is 11.1. The first-order valence-electron chi connectivity index (χ1n) is 11.1. The van der Waals surface area contributed by atoms with E-state index in [0.29, 0.717) is 29.1 Å². The highest BCUT2D eigenvalue weighted by atomic mass is 19.1. The normalized spacial score (nSPS) is 11.5. The lowest BCUT2D eigenvalue weighted by Gasteiger charge is -2.11. The number of furan rings is 1. The number of halogens is 2. The highest BCUT2D eigenvalue weighted by Crippen LogP contribution is 2.37. The molecule has 5 nitrogen and oxygen atoms in total. The molecule has 4 rings (SSSR count). The third kappa shape index (κ3) is 5.19. The Kier molecular flexibility index (Phi) is 7.15. The summed E-state index contributed by atoms with van der Waals surface area (Å²) in [5.41, 5.74) is 3.61. The minimum absolute atomic E-state index is 0.190. The Labute approximate surface area is 202 Å². The zero-order chi connectivity index (χ0) is 24.9. The van der Waals surface area contributed by atoms with Crippen LogP contribution in [0.15, 0.2) is 71.4 Å². The summed E-state index contributed by atoms with van der Waals surface area (Å²) in [5.74, 6) is -0.579. The Morgan fingerprint density at radius 1 is 1.09 bits per heavy atom. The first kappa shape index (κ1) is 24.0. The van der Waals surface area contributed by atoms with Crippen molar-refractivity contribution in [1.29, 1.82) is 0 Å². The van der Waals surface area contributed by atoms with Crippen molar-refractivity contribution in [3.05, 3.63) is 89.7 Å². The van der Waals surface area contributed by atoms with Crippen LogP contribution >= 0.6 is 0 Å². The van der Waals surface area contributed by atoms with Crippen LogP contribution in [0.1, 0.15) is 25.0 Å². The molecule has 0 radical (unpaired) electrons. The third-order valence-corrected chi connectivity index (χ3v) is 5.65. The number of rotatable bonds is 8. The molecule has 0 fully saturated rings. The summed E-state index contributed by atoms with van der Waals surface area (Å²) < 4.78 is 44.5. The van der Waals surface area contributed by atoms with E-state index in [0.717, 1.165) is 34.4 Å². The second kappa shape index (κ2) is 10.4. The molecule has 1 amide bonds. The van der Waals surface area contributed by atoms with Crippen molar-refractivity contribution in [1.82, 2.24) is 5.32 Å². The molecular formula is C28H25F2NO4. The van der Waals surface area contributed by atoms with E-state index < -0.39 is 17.5 Å². The van der Waals surface area contributed by atoms with Crippen LogP contribution < -0.4 is 14.8 Å². The van der Waals surface area contributed by atoms with Gasteiger partial charge in [-0.05, 0) is 55.3 Å². The topological polar surface area (TPSA) is 60.7 Å². The molecule has 0 aliphatic carbocycles. The largest absolute Gasteiger partial charge is 0.496 e. The third-order valence-electron chi connectivity index (χ3n) is 5.65. The summed E-state index contributed by atoms with van der Waals surface area (Å²) >= 11 is 0. The molecule has 0 aliphatic rings. The van der Waals surface area contributed by atoms with Gasteiger partial charge in [0.15, 0.2) is 0 Å². The second-order valence-corrected chi connectivity index (χ2v) is 7.90. The van der Waals surface area contributed by atoms with Crippen LogP contribution in [0.25, 0.3) is 27.7 Å². The van der Waals surface area contributed by atoms with E-state index in [1.54, 1.807) is 19.3 Å². The number of fused-ring (bicyclic) bond motifs is 1. The van der Waals surface area contributed by atoms with Crippen LogP contribution in [0.5, 0.6) is 11.5 Å². The molecule has 7 heteroatoms. The summed E-state index contributed by atoms with van der Waals surface area (Å²) in [7, 11) is 1.54. The minimum Gasteiger partial charge on any atom is -0.496 e. The van der Waals surface area contributed by atoms with Gasteiger partial charge >= 0.3 is 0 Å². The SMILES string of the molecule is CCOc1ccc(-c2coc3cc(OC)c(/C(C)=C/C(=O)NCc4c(F)cccc4F)cc23)cc1. The van der Waals surface area contributed by atoms with Crippen LogP contribution in [-0.4, -0.2) is 19.6 Å². The number of benzene rings is 3. The molecule has 180 valence electrons. The Bertz CT molecular complexity index is 1370. The fourth-order valence-corrected chi connectivity index (χ4v) is 3.86.